The Morgan fingerprint density at radius 2 is 1.74 bits per heavy atom. The van der Waals surface area contributed by atoms with E-state index in [1.165, 1.54) is 11.1 Å². The fourth-order valence-corrected chi connectivity index (χ4v) is 2.89. The van der Waals surface area contributed by atoms with Gasteiger partial charge in [0.05, 0.1) is 0 Å². The van der Waals surface area contributed by atoms with Crippen LogP contribution in [0.1, 0.15) is 37.9 Å². The molecule has 19 heavy (non-hydrogen) atoms. The maximum atomic E-state index is 6.24. The maximum absolute atomic E-state index is 6.24. The van der Waals surface area contributed by atoms with Crippen LogP contribution in [0.15, 0.2) is 24.3 Å². The predicted molar refractivity (Wildman–Crippen MR) is 87.9 cm³/mol. The van der Waals surface area contributed by atoms with Crippen molar-refractivity contribution in [1.29, 1.82) is 0 Å². The highest BCUT2D eigenvalue weighted by Crippen LogP contribution is 2.24. The predicted octanol–water partition coefficient (Wildman–Crippen LogP) is 3.28. The molecule has 1 rings (SSSR count). The van der Waals surface area contributed by atoms with Gasteiger partial charge in [-0.15, -0.1) is 0 Å². The number of thioether (sulfide) groups is 1. The van der Waals surface area contributed by atoms with Crippen molar-refractivity contribution >= 4 is 11.8 Å². The van der Waals surface area contributed by atoms with Crippen LogP contribution in [0.3, 0.4) is 0 Å². The van der Waals surface area contributed by atoms with Gasteiger partial charge in [0.1, 0.15) is 0 Å². The van der Waals surface area contributed by atoms with Gasteiger partial charge in [-0.05, 0) is 30.6 Å². The zero-order valence-corrected chi connectivity index (χ0v) is 13.8. The van der Waals surface area contributed by atoms with Crippen molar-refractivity contribution in [3.05, 3.63) is 35.4 Å². The first kappa shape index (κ1) is 16.5. The summed E-state index contributed by atoms with van der Waals surface area (Å²) in [5.41, 5.74) is 9.05. The molecule has 1 aromatic carbocycles. The summed E-state index contributed by atoms with van der Waals surface area (Å²) in [6, 6.07) is 8.91. The highest BCUT2D eigenvalue weighted by Gasteiger charge is 2.14. The van der Waals surface area contributed by atoms with Crippen molar-refractivity contribution in [2.75, 3.05) is 32.1 Å². The average Bonchev–Trinajstić information content (AvgIpc) is 2.33. The number of nitrogens with two attached hydrogens (primary N) is 1. The third kappa shape index (κ3) is 5.98. The third-order valence-electron chi connectivity index (χ3n) is 3.19. The maximum Gasteiger partial charge on any atom is 0.0386 e. The minimum atomic E-state index is 0.140. The Morgan fingerprint density at radius 3 is 2.21 bits per heavy atom. The van der Waals surface area contributed by atoms with Crippen LogP contribution in [0, 0.1) is 0 Å². The monoisotopic (exact) mass is 280 g/mol. The molecule has 0 aliphatic heterocycles. The van der Waals surface area contributed by atoms with E-state index in [-0.39, 0.29) is 11.5 Å². The van der Waals surface area contributed by atoms with E-state index in [0.717, 1.165) is 18.1 Å². The molecule has 0 bridgehead atoms. The molecule has 0 heterocycles. The second-order valence-electron chi connectivity index (χ2n) is 6.36. The van der Waals surface area contributed by atoms with Crippen LogP contribution in [0.25, 0.3) is 0 Å². The first-order valence-corrected chi connectivity index (χ1v) is 8.04. The molecule has 1 unspecified atom stereocenters. The minimum absolute atomic E-state index is 0.140. The first-order valence-electron chi connectivity index (χ1n) is 6.89. The van der Waals surface area contributed by atoms with Crippen LogP contribution in [0.2, 0.25) is 0 Å². The van der Waals surface area contributed by atoms with Crippen molar-refractivity contribution in [3.8, 4) is 0 Å². The van der Waals surface area contributed by atoms with E-state index in [9.17, 15) is 0 Å². The quantitative estimate of drug-likeness (QED) is 0.811. The molecular weight excluding hydrogens is 252 g/mol. The van der Waals surface area contributed by atoms with Gasteiger partial charge >= 0.3 is 0 Å². The molecule has 0 saturated heterocycles. The Bertz CT molecular complexity index is 365. The SMILES string of the molecule is CN(C)CCSCC(N)c1ccc(C(C)(C)C)cc1. The Morgan fingerprint density at radius 1 is 1.16 bits per heavy atom. The topological polar surface area (TPSA) is 29.3 Å². The van der Waals surface area contributed by atoms with Gasteiger partial charge in [0, 0.05) is 24.1 Å². The molecule has 0 saturated carbocycles. The van der Waals surface area contributed by atoms with Gasteiger partial charge in [-0.1, -0.05) is 45.0 Å². The zero-order chi connectivity index (χ0) is 14.5. The standard InChI is InChI=1S/C16H28N2S/c1-16(2,3)14-8-6-13(7-9-14)15(17)12-19-11-10-18(4)5/h6-9,15H,10-12,17H2,1-5H3. The highest BCUT2D eigenvalue weighted by atomic mass is 32.2. The molecule has 1 atom stereocenters. The molecule has 0 aliphatic rings. The lowest BCUT2D eigenvalue weighted by molar-refractivity contribution is 0.437. The van der Waals surface area contributed by atoms with Crippen LogP contribution in [0.5, 0.6) is 0 Å². The van der Waals surface area contributed by atoms with Gasteiger partial charge in [0.15, 0.2) is 0 Å². The highest BCUT2D eigenvalue weighted by molar-refractivity contribution is 7.99. The van der Waals surface area contributed by atoms with Crippen LogP contribution < -0.4 is 5.73 Å². The van der Waals surface area contributed by atoms with E-state index in [2.05, 4.69) is 64.0 Å². The van der Waals surface area contributed by atoms with Crippen LogP contribution >= 0.6 is 11.8 Å². The molecule has 0 amide bonds. The lowest BCUT2D eigenvalue weighted by Gasteiger charge is -2.20. The minimum Gasteiger partial charge on any atom is -0.323 e. The molecule has 0 spiro atoms. The van der Waals surface area contributed by atoms with Crippen molar-refractivity contribution in [2.24, 2.45) is 5.73 Å². The van der Waals surface area contributed by atoms with Crippen molar-refractivity contribution in [3.63, 3.8) is 0 Å². The number of nitrogens with zero attached hydrogens (tertiary/aromatic N) is 1. The van der Waals surface area contributed by atoms with E-state index >= 15 is 0 Å². The Balaban J connectivity index is 2.47. The summed E-state index contributed by atoms with van der Waals surface area (Å²) in [7, 11) is 4.21. The van der Waals surface area contributed by atoms with E-state index in [0.29, 0.717) is 0 Å². The average molecular weight is 280 g/mol. The van der Waals surface area contributed by atoms with Crippen molar-refractivity contribution < 1.29 is 0 Å². The molecule has 3 heteroatoms. The fraction of sp³-hybridized carbons (Fsp3) is 0.625. The van der Waals surface area contributed by atoms with Crippen LogP contribution in [-0.4, -0.2) is 37.0 Å². The van der Waals surface area contributed by atoms with E-state index in [4.69, 9.17) is 5.73 Å². The number of benzene rings is 1. The lowest BCUT2D eigenvalue weighted by Crippen LogP contribution is -2.18. The second kappa shape index (κ2) is 7.32. The summed E-state index contributed by atoms with van der Waals surface area (Å²) in [5, 5.41) is 0. The van der Waals surface area contributed by atoms with Gasteiger partial charge in [0.2, 0.25) is 0 Å². The largest absolute Gasteiger partial charge is 0.323 e. The van der Waals surface area contributed by atoms with Gasteiger partial charge < -0.3 is 10.6 Å². The van der Waals surface area contributed by atoms with Gasteiger partial charge in [0.25, 0.3) is 0 Å². The third-order valence-corrected chi connectivity index (χ3v) is 4.25. The van der Waals surface area contributed by atoms with E-state index in [1.54, 1.807) is 0 Å². The summed E-state index contributed by atoms with van der Waals surface area (Å²) in [5.74, 6) is 2.13. The van der Waals surface area contributed by atoms with Crippen LogP contribution in [0.4, 0.5) is 0 Å². The first-order chi connectivity index (χ1) is 8.80. The molecular formula is C16H28N2S. The van der Waals surface area contributed by atoms with E-state index in [1.807, 2.05) is 11.8 Å². The molecule has 0 radical (unpaired) electrons. The Labute approximate surface area is 122 Å². The summed E-state index contributed by atoms with van der Waals surface area (Å²) in [6.45, 7) is 7.82. The number of hydrogen-bond acceptors (Lipinski definition) is 3. The molecule has 2 N–H and O–H groups in total. The number of hydrogen-bond donors (Lipinski definition) is 1. The molecule has 0 aliphatic carbocycles. The van der Waals surface area contributed by atoms with Crippen molar-refractivity contribution in [2.45, 2.75) is 32.2 Å². The smallest absolute Gasteiger partial charge is 0.0386 e. The Kier molecular flexibility index (Phi) is 6.37. The normalized spacial score (nSPS) is 13.8. The van der Waals surface area contributed by atoms with Gasteiger partial charge in [-0.3, -0.25) is 0 Å². The lowest BCUT2D eigenvalue weighted by atomic mass is 9.86. The molecule has 2 nitrogen and oxygen atoms in total. The van der Waals surface area contributed by atoms with Crippen molar-refractivity contribution in [1.82, 2.24) is 4.90 Å². The molecule has 1 aromatic rings. The van der Waals surface area contributed by atoms with Crippen LogP contribution in [-0.2, 0) is 5.41 Å². The fourth-order valence-electron chi connectivity index (χ4n) is 1.78. The second-order valence-corrected chi connectivity index (χ2v) is 7.51. The Hall–Kier alpha value is -0.510. The molecule has 108 valence electrons. The summed E-state index contributed by atoms with van der Waals surface area (Å²) in [4.78, 5) is 2.21. The number of rotatable bonds is 6. The molecule has 0 aromatic heterocycles. The molecule has 0 fully saturated rings. The van der Waals surface area contributed by atoms with Gasteiger partial charge in [-0.2, -0.15) is 11.8 Å². The summed E-state index contributed by atoms with van der Waals surface area (Å²) in [6.07, 6.45) is 0. The van der Waals surface area contributed by atoms with E-state index < -0.39 is 0 Å². The van der Waals surface area contributed by atoms with Gasteiger partial charge in [-0.25, -0.2) is 0 Å². The summed E-state index contributed by atoms with van der Waals surface area (Å²) >= 11 is 1.93. The summed E-state index contributed by atoms with van der Waals surface area (Å²) < 4.78 is 0. The zero-order valence-electron chi connectivity index (χ0n) is 12.9.